The maximum absolute atomic E-state index is 14.3. The van der Waals surface area contributed by atoms with E-state index in [1.165, 1.54) is 30.5 Å². The van der Waals surface area contributed by atoms with Gasteiger partial charge in [-0.3, -0.25) is 4.79 Å². The maximum atomic E-state index is 14.3. The molecule has 0 N–H and O–H groups in total. The molecule has 1 amide bonds. The largest absolute Gasteiger partial charge is 0.430 e. The van der Waals surface area contributed by atoms with E-state index in [9.17, 15) is 18.0 Å². The van der Waals surface area contributed by atoms with Gasteiger partial charge in [0.1, 0.15) is 0 Å². The minimum atomic E-state index is -4.98. The van der Waals surface area contributed by atoms with Gasteiger partial charge in [-0.05, 0) is 33.5 Å². The van der Waals surface area contributed by atoms with E-state index in [1.807, 2.05) is 12.1 Å². The van der Waals surface area contributed by atoms with Crippen molar-refractivity contribution in [3.63, 3.8) is 0 Å². The first kappa shape index (κ1) is 21.3. The van der Waals surface area contributed by atoms with Crippen LogP contribution in [0.15, 0.2) is 73.5 Å². The van der Waals surface area contributed by atoms with Gasteiger partial charge in [-0.2, -0.15) is 13.2 Å². The molecule has 1 unspecified atom stereocenters. The Balaban J connectivity index is 2.20. The highest BCUT2D eigenvalue weighted by Gasteiger charge is 2.64. The molecule has 0 spiro atoms. The summed E-state index contributed by atoms with van der Waals surface area (Å²) >= 11 is 3.39. The maximum Gasteiger partial charge on any atom is 0.430 e. The van der Waals surface area contributed by atoms with Crippen LogP contribution in [0.2, 0.25) is 0 Å². The van der Waals surface area contributed by atoms with Gasteiger partial charge in [0, 0.05) is 23.4 Å². The van der Waals surface area contributed by atoms with Crippen LogP contribution in [0.4, 0.5) is 13.2 Å². The number of methoxy groups -OCH3 is 1. The third-order valence-electron chi connectivity index (χ3n) is 4.98. The summed E-state index contributed by atoms with van der Waals surface area (Å²) in [6.45, 7) is 3.71. The van der Waals surface area contributed by atoms with Crippen LogP contribution < -0.4 is 0 Å². The number of amides is 1. The zero-order valence-electron chi connectivity index (χ0n) is 15.6. The predicted octanol–water partition coefficient (Wildman–Crippen LogP) is 5.94. The summed E-state index contributed by atoms with van der Waals surface area (Å²) < 4.78 is 48.5. The Morgan fingerprint density at radius 1 is 1.17 bits per heavy atom. The average Bonchev–Trinajstić information content (AvgIpc) is 2.70. The van der Waals surface area contributed by atoms with Gasteiger partial charge in [0.05, 0.1) is 6.04 Å². The zero-order chi connectivity index (χ0) is 21.2. The molecule has 7 heteroatoms. The number of nitrogens with zero attached hydrogens (tertiary/aromatic N) is 1. The lowest BCUT2D eigenvalue weighted by Crippen LogP contribution is -2.56. The Bertz CT molecular complexity index is 943. The standard InChI is InChI=1S/C22H19BrF3NO2/c1-3-9-19-17-13-8-7-12-16(17)18(23)14-27(19)20(28)21(29-2,22(24,25)26)15-10-5-4-6-11-15/h3-8,10-14,19H,1,9H2,2H3/t19?,21-/m1/s1. The number of benzene rings is 2. The molecule has 1 aliphatic heterocycles. The van der Waals surface area contributed by atoms with Gasteiger partial charge in [0.25, 0.3) is 11.5 Å². The summed E-state index contributed by atoms with van der Waals surface area (Å²) in [6.07, 6.45) is -1.72. The average molecular weight is 466 g/mol. The number of fused-ring (bicyclic) bond motifs is 1. The van der Waals surface area contributed by atoms with E-state index in [-0.39, 0.29) is 12.0 Å². The highest BCUT2D eigenvalue weighted by atomic mass is 79.9. The first-order valence-corrected chi connectivity index (χ1v) is 9.65. The quantitative estimate of drug-likeness (QED) is 0.511. The minimum absolute atomic E-state index is 0.277. The highest BCUT2D eigenvalue weighted by molar-refractivity contribution is 9.15. The number of hydrogen-bond donors (Lipinski definition) is 0. The van der Waals surface area contributed by atoms with E-state index >= 15 is 0 Å². The number of carbonyl (C=O) groups is 1. The molecule has 0 aliphatic carbocycles. The molecule has 1 heterocycles. The van der Waals surface area contributed by atoms with Gasteiger partial charge >= 0.3 is 6.18 Å². The molecular weight excluding hydrogens is 447 g/mol. The summed E-state index contributed by atoms with van der Waals surface area (Å²) in [5, 5.41) is 0. The number of ether oxygens (including phenoxy) is 1. The first-order valence-electron chi connectivity index (χ1n) is 8.85. The van der Waals surface area contributed by atoms with Crippen molar-refractivity contribution in [2.24, 2.45) is 0 Å². The van der Waals surface area contributed by atoms with Crippen LogP contribution in [0.5, 0.6) is 0 Å². The van der Waals surface area contributed by atoms with E-state index < -0.39 is 23.7 Å². The number of carbonyl (C=O) groups excluding carboxylic acids is 1. The van der Waals surface area contributed by atoms with Gasteiger partial charge in [-0.15, -0.1) is 6.58 Å². The van der Waals surface area contributed by atoms with Gasteiger partial charge in [-0.25, -0.2) is 0 Å². The molecule has 1 aliphatic rings. The van der Waals surface area contributed by atoms with Gasteiger partial charge < -0.3 is 9.64 Å². The Hall–Kier alpha value is -2.38. The van der Waals surface area contributed by atoms with Gasteiger partial charge in [0.15, 0.2) is 0 Å². The SMILES string of the molecule is C=CCC1c2ccccc2C(Br)=CN1C(=O)[C@](OC)(c1ccccc1)C(F)(F)F. The van der Waals surface area contributed by atoms with Crippen LogP contribution in [0.3, 0.4) is 0 Å². The normalized spacial score (nSPS) is 18.4. The molecule has 0 bridgehead atoms. The highest BCUT2D eigenvalue weighted by Crippen LogP contribution is 2.47. The van der Waals surface area contributed by atoms with Gasteiger partial charge in [-0.1, -0.05) is 60.7 Å². The summed E-state index contributed by atoms with van der Waals surface area (Å²) in [7, 11) is 0.900. The van der Waals surface area contributed by atoms with Crippen LogP contribution in [0, 0.1) is 0 Å². The molecule has 0 radical (unpaired) electrons. The topological polar surface area (TPSA) is 29.5 Å². The van der Waals surface area contributed by atoms with E-state index in [0.717, 1.165) is 23.1 Å². The van der Waals surface area contributed by atoms with Crippen LogP contribution in [0.1, 0.15) is 29.2 Å². The third-order valence-corrected chi connectivity index (χ3v) is 5.61. The lowest BCUT2D eigenvalue weighted by Gasteiger charge is -2.41. The van der Waals surface area contributed by atoms with Crippen molar-refractivity contribution >= 4 is 26.3 Å². The lowest BCUT2D eigenvalue weighted by molar-refractivity contribution is -0.270. The number of hydrogen-bond acceptors (Lipinski definition) is 2. The van der Waals surface area contributed by atoms with Crippen molar-refractivity contribution in [1.82, 2.24) is 4.90 Å². The minimum Gasteiger partial charge on any atom is -0.356 e. The van der Waals surface area contributed by atoms with Crippen LogP contribution >= 0.6 is 15.9 Å². The molecule has 2 aromatic carbocycles. The Labute approximate surface area is 175 Å². The monoisotopic (exact) mass is 465 g/mol. The second-order valence-electron chi connectivity index (χ2n) is 6.57. The lowest BCUT2D eigenvalue weighted by atomic mass is 9.87. The smallest absolute Gasteiger partial charge is 0.356 e. The number of rotatable bonds is 5. The molecule has 2 atom stereocenters. The summed E-state index contributed by atoms with van der Waals surface area (Å²) in [6, 6.07) is 13.6. The first-order chi connectivity index (χ1) is 13.8. The van der Waals surface area contributed by atoms with Crippen molar-refractivity contribution in [2.75, 3.05) is 7.11 Å². The van der Waals surface area contributed by atoms with Crippen molar-refractivity contribution in [1.29, 1.82) is 0 Å². The Kier molecular flexibility index (Phi) is 6.00. The van der Waals surface area contributed by atoms with Crippen LogP contribution in [0.25, 0.3) is 4.48 Å². The van der Waals surface area contributed by atoms with Crippen molar-refractivity contribution < 1.29 is 22.7 Å². The number of halogens is 4. The summed E-state index contributed by atoms with van der Waals surface area (Å²) in [5.74, 6) is -1.21. The van der Waals surface area contributed by atoms with Crippen LogP contribution in [-0.4, -0.2) is 24.1 Å². The molecule has 0 aromatic heterocycles. The van der Waals surface area contributed by atoms with E-state index in [0.29, 0.717) is 4.48 Å². The van der Waals surface area contributed by atoms with E-state index in [2.05, 4.69) is 22.5 Å². The zero-order valence-corrected chi connectivity index (χ0v) is 17.2. The summed E-state index contributed by atoms with van der Waals surface area (Å²) in [5.41, 5.74) is -1.86. The fourth-order valence-electron chi connectivity index (χ4n) is 3.62. The molecule has 0 saturated heterocycles. The summed E-state index contributed by atoms with van der Waals surface area (Å²) in [4.78, 5) is 14.6. The van der Waals surface area contributed by atoms with E-state index in [4.69, 9.17) is 4.74 Å². The van der Waals surface area contributed by atoms with Crippen LogP contribution in [-0.2, 0) is 15.1 Å². The van der Waals surface area contributed by atoms with Crippen molar-refractivity contribution in [3.8, 4) is 0 Å². The molecule has 0 saturated carbocycles. The Morgan fingerprint density at radius 2 is 1.79 bits per heavy atom. The van der Waals surface area contributed by atoms with E-state index in [1.54, 1.807) is 24.3 Å². The van der Waals surface area contributed by atoms with Crippen molar-refractivity contribution in [2.45, 2.75) is 24.2 Å². The molecule has 2 aromatic rings. The molecular formula is C22H19BrF3NO2. The van der Waals surface area contributed by atoms with Crippen molar-refractivity contribution in [3.05, 3.63) is 90.1 Å². The molecule has 152 valence electrons. The molecule has 29 heavy (non-hydrogen) atoms. The molecule has 3 rings (SSSR count). The second kappa shape index (κ2) is 8.16. The number of alkyl halides is 3. The fourth-order valence-corrected chi connectivity index (χ4v) is 4.20. The molecule has 3 nitrogen and oxygen atoms in total. The second-order valence-corrected chi connectivity index (χ2v) is 7.42. The molecule has 0 fully saturated rings. The van der Waals surface area contributed by atoms with Gasteiger partial charge in [0.2, 0.25) is 0 Å². The predicted molar refractivity (Wildman–Crippen MR) is 109 cm³/mol. The third kappa shape index (κ3) is 3.53. The fraction of sp³-hybridized carbons (Fsp3) is 0.227. The Morgan fingerprint density at radius 3 is 2.38 bits per heavy atom.